The molecular weight excluding hydrogens is 302 g/mol. The van der Waals surface area contributed by atoms with Gasteiger partial charge < -0.3 is 14.5 Å². The van der Waals surface area contributed by atoms with Crippen LogP contribution in [0, 0.1) is 10.1 Å². The zero-order valence-corrected chi connectivity index (χ0v) is 13.2. The van der Waals surface area contributed by atoms with Gasteiger partial charge in [0.1, 0.15) is 0 Å². The molecular formula is C15H19N3O5. The van der Waals surface area contributed by atoms with Gasteiger partial charge in [0.05, 0.1) is 16.2 Å². The van der Waals surface area contributed by atoms with Crippen LogP contribution >= 0.6 is 0 Å². The van der Waals surface area contributed by atoms with Crippen molar-refractivity contribution in [1.29, 1.82) is 0 Å². The molecule has 8 nitrogen and oxygen atoms in total. The summed E-state index contributed by atoms with van der Waals surface area (Å²) in [7, 11) is 3.11. The molecule has 1 fully saturated rings. The Kier molecular flexibility index (Phi) is 5.15. The van der Waals surface area contributed by atoms with Gasteiger partial charge in [-0.1, -0.05) is 0 Å². The van der Waals surface area contributed by atoms with Crippen molar-refractivity contribution in [2.45, 2.75) is 12.8 Å². The maximum atomic E-state index is 12.3. The van der Waals surface area contributed by atoms with E-state index in [-0.39, 0.29) is 17.2 Å². The molecule has 8 heteroatoms. The third kappa shape index (κ3) is 3.97. The van der Waals surface area contributed by atoms with Crippen LogP contribution in [0.2, 0.25) is 0 Å². The predicted molar refractivity (Wildman–Crippen MR) is 83.5 cm³/mol. The van der Waals surface area contributed by atoms with Crippen molar-refractivity contribution in [3.05, 3.63) is 33.9 Å². The topological polar surface area (TPSA) is 93.0 Å². The number of likely N-dealkylation sites (N-methyl/N-ethyl adjacent to an activating group) is 1. The number of nitrogens with zero attached hydrogens (tertiary/aromatic N) is 3. The van der Waals surface area contributed by atoms with E-state index >= 15 is 0 Å². The van der Waals surface area contributed by atoms with Crippen LogP contribution in [0.15, 0.2) is 18.2 Å². The molecule has 0 aliphatic carbocycles. The van der Waals surface area contributed by atoms with E-state index in [1.165, 1.54) is 17.0 Å². The zero-order valence-electron chi connectivity index (χ0n) is 13.2. The average Bonchev–Trinajstić information content (AvgIpc) is 3.05. The quantitative estimate of drug-likeness (QED) is 0.463. The van der Waals surface area contributed by atoms with Crippen LogP contribution in [-0.2, 0) is 9.53 Å². The van der Waals surface area contributed by atoms with E-state index in [4.69, 9.17) is 4.74 Å². The third-order valence-corrected chi connectivity index (χ3v) is 3.68. The Hall–Kier alpha value is -2.64. The number of hydrogen-bond acceptors (Lipinski definition) is 6. The van der Waals surface area contributed by atoms with Gasteiger partial charge in [0.25, 0.3) is 11.6 Å². The lowest BCUT2D eigenvalue weighted by Crippen LogP contribution is -2.28. The van der Waals surface area contributed by atoms with Crippen molar-refractivity contribution >= 4 is 23.3 Å². The molecule has 1 amide bonds. The number of carbonyl (C=O) groups excluding carboxylic acids is 2. The minimum atomic E-state index is -0.731. The molecule has 0 aromatic heterocycles. The highest BCUT2D eigenvalue weighted by atomic mass is 16.6. The Morgan fingerprint density at radius 2 is 1.96 bits per heavy atom. The molecule has 0 radical (unpaired) electrons. The van der Waals surface area contributed by atoms with E-state index < -0.39 is 17.5 Å². The van der Waals surface area contributed by atoms with E-state index in [1.54, 1.807) is 20.2 Å². The first-order valence-electron chi connectivity index (χ1n) is 7.31. The van der Waals surface area contributed by atoms with E-state index in [9.17, 15) is 19.7 Å². The first-order valence-corrected chi connectivity index (χ1v) is 7.31. The minimum Gasteiger partial charge on any atom is -0.452 e. The van der Waals surface area contributed by atoms with Crippen LogP contribution in [-0.4, -0.2) is 55.5 Å². The largest absolute Gasteiger partial charge is 0.452 e. The summed E-state index contributed by atoms with van der Waals surface area (Å²) in [5.74, 6) is -1.09. The molecule has 1 aromatic carbocycles. The molecule has 0 unspecified atom stereocenters. The number of nitro benzene ring substituents is 1. The van der Waals surface area contributed by atoms with Crippen molar-refractivity contribution in [3.63, 3.8) is 0 Å². The number of benzene rings is 1. The standard InChI is InChI=1S/C15H19N3O5/c1-16(2)14(19)10-23-15(20)12-9-11(18(21)22)5-6-13(12)17-7-3-4-8-17/h5-6,9H,3-4,7-8,10H2,1-2H3. The molecule has 0 spiro atoms. The number of ether oxygens (including phenoxy) is 1. The molecule has 1 aromatic rings. The summed E-state index contributed by atoms with van der Waals surface area (Å²) in [6.45, 7) is 1.18. The maximum Gasteiger partial charge on any atom is 0.341 e. The van der Waals surface area contributed by atoms with Crippen LogP contribution in [0.25, 0.3) is 0 Å². The number of nitro groups is 1. The van der Waals surface area contributed by atoms with Gasteiger partial charge in [0.15, 0.2) is 6.61 Å². The third-order valence-electron chi connectivity index (χ3n) is 3.68. The summed E-state index contributed by atoms with van der Waals surface area (Å²) in [4.78, 5) is 37.5. The van der Waals surface area contributed by atoms with Gasteiger partial charge in [-0.25, -0.2) is 4.79 Å². The number of esters is 1. The van der Waals surface area contributed by atoms with Crippen LogP contribution in [0.3, 0.4) is 0 Å². The molecule has 124 valence electrons. The van der Waals surface area contributed by atoms with Gasteiger partial charge >= 0.3 is 5.97 Å². The Bertz CT molecular complexity index is 624. The van der Waals surface area contributed by atoms with E-state index in [1.807, 2.05) is 4.90 Å². The summed E-state index contributed by atoms with van der Waals surface area (Å²) >= 11 is 0. The Morgan fingerprint density at radius 3 is 2.52 bits per heavy atom. The van der Waals surface area contributed by atoms with Gasteiger partial charge in [0, 0.05) is 39.3 Å². The monoisotopic (exact) mass is 321 g/mol. The normalized spacial score (nSPS) is 13.7. The van der Waals surface area contributed by atoms with E-state index in [2.05, 4.69) is 0 Å². The second-order valence-corrected chi connectivity index (χ2v) is 5.52. The molecule has 0 N–H and O–H groups in total. The molecule has 0 atom stereocenters. The van der Waals surface area contributed by atoms with Crippen molar-refractivity contribution < 1.29 is 19.2 Å². The summed E-state index contributed by atoms with van der Waals surface area (Å²) in [5.41, 5.74) is 0.543. The van der Waals surface area contributed by atoms with Crippen LogP contribution in [0.1, 0.15) is 23.2 Å². The lowest BCUT2D eigenvalue weighted by molar-refractivity contribution is -0.384. The van der Waals surface area contributed by atoms with Crippen LogP contribution in [0.5, 0.6) is 0 Å². The second kappa shape index (κ2) is 7.08. The van der Waals surface area contributed by atoms with Crippen molar-refractivity contribution in [3.8, 4) is 0 Å². The summed E-state index contributed by atoms with van der Waals surface area (Å²) in [6.07, 6.45) is 2.01. The maximum absolute atomic E-state index is 12.3. The summed E-state index contributed by atoms with van der Waals surface area (Å²) in [5, 5.41) is 10.9. The van der Waals surface area contributed by atoms with Crippen molar-refractivity contribution in [2.75, 3.05) is 38.7 Å². The fourth-order valence-corrected chi connectivity index (χ4v) is 2.37. The van der Waals surface area contributed by atoms with Gasteiger partial charge in [0.2, 0.25) is 0 Å². The number of hydrogen-bond donors (Lipinski definition) is 0. The fourth-order valence-electron chi connectivity index (χ4n) is 2.37. The van der Waals surface area contributed by atoms with Gasteiger partial charge in [-0.15, -0.1) is 0 Å². The first kappa shape index (κ1) is 16.7. The first-order chi connectivity index (χ1) is 10.9. The minimum absolute atomic E-state index is 0.118. The fraction of sp³-hybridized carbons (Fsp3) is 0.467. The molecule has 0 saturated carbocycles. The number of non-ortho nitro benzene ring substituents is 1. The van der Waals surface area contributed by atoms with Gasteiger partial charge in [-0.05, 0) is 18.9 Å². The van der Waals surface area contributed by atoms with E-state index in [0.29, 0.717) is 5.69 Å². The predicted octanol–water partition coefficient (Wildman–Crippen LogP) is 1.44. The van der Waals surface area contributed by atoms with Crippen molar-refractivity contribution in [2.24, 2.45) is 0 Å². The SMILES string of the molecule is CN(C)C(=O)COC(=O)c1cc([N+](=O)[O-])ccc1N1CCCC1. The van der Waals surface area contributed by atoms with Gasteiger partial charge in [-0.3, -0.25) is 14.9 Å². The molecule has 0 bridgehead atoms. The zero-order chi connectivity index (χ0) is 17.0. The number of carbonyl (C=O) groups is 2. The summed E-state index contributed by atoms with van der Waals surface area (Å²) < 4.78 is 5.01. The lowest BCUT2D eigenvalue weighted by atomic mass is 10.1. The molecule has 1 aliphatic rings. The Labute approximate surface area is 133 Å². The summed E-state index contributed by atoms with van der Waals surface area (Å²) in [6, 6.07) is 4.14. The van der Waals surface area contributed by atoms with Crippen molar-refractivity contribution in [1.82, 2.24) is 4.90 Å². The van der Waals surface area contributed by atoms with E-state index in [0.717, 1.165) is 25.9 Å². The lowest BCUT2D eigenvalue weighted by Gasteiger charge is -2.20. The second-order valence-electron chi connectivity index (χ2n) is 5.52. The highest BCUT2D eigenvalue weighted by molar-refractivity contribution is 5.97. The molecule has 1 heterocycles. The molecule has 1 aliphatic heterocycles. The Morgan fingerprint density at radius 1 is 1.30 bits per heavy atom. The van der Waals surface area contributed by atoms with Crippen LogP contribution < -0.4 is 4.90 Å². The smallest absolute Gasteiger partial charge is 0.341 e. The van der Waals surface area contributed by atoms with Crippen LogP contribution in [0.4, 0.5) is 11.4 Å². The highest BCUT2D eigenvalue weighted by Crippen LogP contribution is 2.28. The highest BCUT2D eigenvalue weighted by Gasteiger charge is 2.24. The molecule has 23 heavy (non-hydrogen) atoms. The Balaban J connectivity index is 2.25. The van der Waals surface area contributed by atoms with Gasteiger partial charge in [-0.2, -0.15) is 0 Å². The number of anilines is 1. The number of amides is 1. The molecule has 2 rings (SSSR count). The molecule has 1 saturated heterocycles. The number of rotatable bonds is 5. The average molecular weight is 321 g/mol.